The molecule has 0 aliphatic rings. The van der Waals surface area contributed by atoms with Crippen molar-refractivity contribution in [1.82, 2.24) is 0 Å². The lowest BCUT2D eigenvalue weighted by atomic mass is 9.84. The van der Waals surface area contributed by atoms with Gasteiger partial charge in [-0.3, -0.25) is 0 Å². The molecule has 0 rings (SSSR count). The average molecular weight is 144 g/mol. The molecule has 0 saturated carbocycles. The van der Waals surface area contributed by atoms with Crippen molar-refractivity contribution >= 4 is 0 Å². The number of aliphatic hydroxyl groups is 1. The van der Waals surface area contributed by atoms with Crippen molar-refractivity contribution in [3.05, 3.63) is 0 Å². The highest BCUT2D eigenvalue weighted by Gasteiger charge is 2.14. The molecule has 0 aliphatic heterocycles. The van der Waals surface area contributed by atoms with Crippen LogP contribution in [-0.4, -0.2) is 11.7 Å². The lowest BCUT2D eigenvalue weighted by Gasteiger charge is -2.22. The molecule has 0 aromatic rings. The maximum atomic E-state index is 8.67. The van der Waals surface area contributed by atoms with Crippen molar-refractivity contribution in [2.75, 3.05) is 6.61 Å². The fraction of sp³-hybridized carbons (Fsp3) is 1.00. The van der Waals surface area contributed by atoms with E-state index in [9.17, 15) is 0 Å². The van der Waals surface area contributed by atoms with Crippen LogP contribution in [0.15, 0.2) is 0 Å². The topological polar surface area (TPSA) is 20.2 Å². The Hall–Kier alpha value is -0.0400. The molecule has 0 spiro atoms. The molecule has 0 radical (unpaired) electrons. The van der Waals surface area contributed by atoms with Gasteiger partial charge in [0.05, 0.1) is 0 Å². The normalized spacial score (nSPS) is 17.4. The van der Waals surface area contributed by atoms with Gasteiger partial charge in [0.1, 0.15) is 0 Å². The quantitative estimate of drug-likeness (QED) is 0.642. The van der Waals surface area contributed by atoms with E-state index >= 15 is 0 Å². The van der Waals surface area contributed by atoms with Crippen LogP contribution in [0.2, 0.25) is 0 Å². The molecule has 2 atom stereocenters. The number of hydrogen-bond acceptors (Lipinski definition) is 1. The molecule has 1 unspecified atom stereocenters. The van der Waals surface area contributed by atoms with Gasteiger partial charge in [-0.25, -0.2) is 0 Å². The van der Waals surface area contributed by atoms with Gasteiger partial charge in [0, 0.05) is 6.61 Å². The van der Waals surface area contributed by atoms with Crippen LogP contribution in [0.1, 0.15) is 34.1 Å². The minimum absolute atomic E-state index is 0.332. The van der Waals surface area contributed by atoms with E-state index in [0.717, 1.165) is 18.3 Å². The van der Waals surface area contributed by atoms with E-state index in [-0.39, 0.29) is 0 Å². The van der Waals surface area contributed by atoms with Crippen molar-refractivity contribution in [3.63, 3.8) is 0 Å². The summed E-state index contributed by atoms with van der Waals surface area (Å²) < 4.78 is 0. The molecule has 0 saturated heterocycles. The van der Waals surface area contributed by atoms with E-state index in [2.05, 4.69) is 27.7 Å². The van der Waals surface area contributed by atoms with Crippen LogP contribution in [0.5, 0.6) is 0 Å². The Bertz CT molecular complexity index is 78.8. The summed E-state index contributed by atoms with van der Waals surface area (Å²) in [6.07, 6.45) is 0.944. The van der Waals surface area contributed by atoms with Crippen LogP contribution in [0.4, 0.5) is 0 Å². The minimum atomic E-state index is 0.332. The molecular weight excluding hydrogens is 124 g/mol. The Kier molecular flexibility index (Phi) is 4.71. The highest BCUT2D eigenvalue weighted by atomic mass is 16.3. The van der Waals surface area contributed by atoms with Crippen LogP contribution in [0, 0.1) is 17.8 Å². The summed E-state index contributed by atoms with van der Waals surface area (Å²) in [5.41, 5.74) is 0. The Morgan fingerprint density at radius 3 is 1.90 bits per heavy atom. The Balaban J connectivity index is 3.58. The molecule has 10 heavy (non-hydrogen) atoms. The van der Waals surface area contributed by atoms with Crippen molar-refractivity contribution in [3.8, 4) is 0 Å². The van der Waals surface area contributed by atoms with E-state index in [4.69, 9.17) is 5.11 Å². The minimum Gasteiger partial charge on any atom is -0.396 e. The van der Waals surface area contributed by atoms with Gasteiger partial charge in [0.25, 0.3) is 0 Å². The number of rotatable bonds is 4. The van der Waals surface area contributed by atoms with Crippen LogP contribution in [-0.2, 0) is 0 Å². The lowest BCUT2D eigenvalue weighted by molar-refractivity contribution is 0.211. The first-order chi connectivity index (χ1) is 4.59. The summed E-state index contributed by atoms with van der Waals surface area (Å²) in [6, 6.07) is 0. The SMILES string of the molecule is CC(C)C(C)[C@H](C)CCO. The average Bonchev–Trinajstić information content (AvgIpc) is 1.87. The van der Waals surface area contributed by atoms with Crippen molar-refractivity contribution < 1.29 is 5.11 Å². The van der Waals surface area contributed by atoms with Gasteiger partial charge in [-0.05, 0) is 24.2 Å². The first kappa shape index (κ1) is 9.96. The summed E-state index contributed by atoms with van der Waals surface area (Å²) in [5.74, 6) is 2.12. The molecule has 0 fully saturated rings. The zero-order valence-electron chi connectivity index (χ0n) is 7.59. The molecular formula is C9H20O. The fourth-order valence-electron chi connectivity index (χ4n) is 1.12. The van der Waals surface area contributed by atoms with Crippen LogP contribution < -0.4 is 0 Å². The second-order valence-corrected chi connectivity index (χ2v) is 3.59. The smallest absolute Gasteiger partial charge is 0.0433 e. The maximum absolute atomic E-state index is 8.67. The zero-order chi connectivity index (χ0) is 8.15. The number of aliphatic hydroxyl groups excluding tert-OH is 1. The van der Waals surface area contributed by atoms with Crippen LogP contribution in [0.3, 0.4) is 0 Å². The van der Waals surface area contributed by atoms with Gasteiger partial charge in [-0.2, -0.15) is 0 Å². The third kappa shape index (κ3) is 3.21. The predicted octanol–water partition coefficient (Wildman–Crippen LogP) is 2.30. The monoisotopic (exact) mass is 144 g/mol. The molecule has 0 bridgehead atoms. The largest absolute Gasteiger partial charge is 0.396 e. The van der Waals surface area contributed by atoms with Gasteiger partial charge in [0.15, 0.2) is 0 Å². The highest BCUT2D eigenvalue weighted by Crippen LogP contribution is 2.21. The molecule has 0 aromatic carbocycles. The molecule has 0 aliphatic carbocycles. The second-order valence-electron chi connectivity index (χ2n) is 3.59. The first-order valence-corrected chi connectivity index (χ1v) is 4.20. The van der Waals surface area contributed by atoms with E-state index < -0.39 is 0 Å². The molecule has 0 amide bonds. The third-order valence-electron chi connectivity index (χ3n) is 2.53. The predicted molar refractivity (Wildman–Crippen MR) is 44.9 cm³/mol. The van der Waals surface area contributed by atoms with Gasteiger partial charge < -0.3 is 5.11 Å². The lowest BCUT2D eigenvalue weighted by Crippen LogP contribution is -2.15. The summed E-state index contributed by atoms with van der Waals surface area (Å²) in [7, 11) is 0. The molecule has 1 heteroatoms. The van der Waals surface area contributed by atoms with E-state index in [1.54, 1.807) is 0 Å². The first-order valence-electron chi connectivity index (χ1n) is 4.20. The third-order valence-corrected chi connectivity index (χ3v) is 2.53. The van der Waals surface area contributed by atoms with E-state index in [1.165, 1.54) is 0 Å². The summed E-state index contributed by atoms with van der Waals surface area (Å²) in [5, 5.41) is 8.67. The zero-order valence-corrected chi connectivity index (χ0v) is 7.59. The number of hydrogen-bond donors (Lipinski definition) is 1. The van der Waals surface area contributed by atoms with Crippen molar-refractivity contribution in [1.29, 1.82) is 0 Å². The summed E-state index contributed by atoms with van der Waals surface area (Å²) in [6.45, 7) is 9.27. The highest BCUT2D eigenvalue weighted by molar-refractivity contribution is 4.64. The maximum Gasteiger partial charge on any atom is 0.0433 e. The molecule has 1 N–H and O–H groups in total. The van der Waals surface area contributed by atoms with Crippen LogP contribution in [0.25, 0.3) is 0 Å². The second kappa shape index (κ2) is 4.73. The van der Waals surface area contributed by atoms with E-state index in [0.29, 0.717) is 12.5 Å². The summed E-state index contributed by atoms with van der Waals surface area (Å²) in [4.78, 5) is 0. The van der Waals surface area contributed by atoms with Crippen molar-refractivity contribution in [2.24, 2.45) is 17.8 Å². The molecule has 1 nitrogen and oxygen atoms in total. The summed E-state index contributed by atoms with van der Waals surface area (Å²) >= 11 is 0. The molecule has 62 valence electrons. The van der Waals surface area contributed by atoms with Gasteiger partial charge in [-0.15, -0.1) is 0 Å². The van der Waals surface area contributed by atoms with Crippen LogP contribution >= 0.6 is 0 Å². The van der Waals surface area contributed by atoms with E-state index in [1.807, 2.05) is 0 Å². The van der Waals surface area contributed by atoms with Gasteiger partial charge in [0.2, 0.25) is 0 Å². The molecule has 0 heterocycles. The standard InChI is InChI=1S/C9H20O/c1-7(2)9(4)8(3)5-6-10/h7-10H,5-6H2,1-4H3/t8-,9?/m1/s1. The Labute approximate surface area is 64.5 Å². The van der Waals surface area contributed by atoms with Gasteiger partial charge in [-0.1, -0.05) is 27.7 Å². The Morgan fingerprint density at radius 1 is 1.10 bits per heavy atom. The molecule has 0 aromatic heterocycles. The Morgan fingerprint density at radius 2 is 1.60 bits per heavy atom. The van der Waals surface area contributed by atoms with Gasteiger partial charge >= 0.3 is 0 Å². The van der Waals surface area contributed by atoms with Crippen molar-refractivity contribution in [2.45, 2.75) is 34.1 Å². The fourth-order valence-corrected chi connectivity index (χ4v) is 1.12.